The summed E-state index contributed by atoms with van der Waals surface area (Å²) in [5.74, 6) is 1.19. The quantitative estimate of drug-likeness (QED) is 0.425. The number of hydrogen-bond donors (Lipinski definition) is 1. The molecule has 11 heteroatoms. The van der Waals surface area contributed by atoms with Crippen LogP contribution in [0.3, 0.4) is 0 Å². The number of aryl methyl sites for hydroxylation is 2. The van der Waals surface area contributed by atoms with Gasteiger partial charge >= 0.3 is 0 Å². The number of methoxy groups -OCH3 is 2. The third-order valence-electron chi connectivity index (χ3n) is 5.10. The van der Waals surface area contributed by atoms with Crippen molar-refractivity contribution in [3.8, 4) is 28.4 Å². The summed E-state index contributed by atoms with van der Waals surface area (Å²) in [6.07, 6.45) is 0. The van der Waals surface area contributed by atoms with Crippen LogP contribution >= 0.6 is 0 Å². The predicted molar refractivity (Wildman–Crippen MR) is 125 cm³/mol. The van der Waals surface area contributed by atoms with E-state index in [0.717, 1.165) is 0 Å². The maximum atomic E-state index is 13.2. The Bertz CT molecular complexity index is 1490. The molecule has 0 saturated heterocycles. The number of sulfonamides is 1. The minimum Gasteiger partial charge on any atom is -0.497 e. The number of anilines is 1. The highest BCUT2D eigenvalue weighted by Gasteiger charge is 2.22. The molecule has 2 aromatic carbocycles. The Morgan fingerprint density at radius 3 is 2.32 bits per heavy atom. The Morgan fingerprint density at radius 2 is 1.71 bits per heavy atom. The molecular formula is C23H22N4O6S. The van der Waals surface area contributed by atoms with Crippen molar-refractivity contribution in [3.63, 3.8) is 0 Å². The molecule has 0 fully saturated rings. The Kier molecular flexibility index (Phi) is 6.12. The summed E-state index contributed by atoms with van der Waals surface area (Å²) in [6.45, 7) is 3.38. The lowest BCUT2D eigenvalue weighted by Crippen LogP contribution is -2.21. The lowest BCUT2D eigenvalue weighted by Gasteiger charge is -2.14. The van der Waals surface area contributed by atoms with Crippen molar-refractivity contribution in [2.75, 3.05) is 18.9 Å². The Hall–Kier alpha value is -4.12. The maximum absolute atomic E-state index is 13.2. The first-order valence-electron chi connectivity index (χ1n) is 10.1. The molecule has 0 aliphatic rings. The molecule has 0 amide bonds. The number of benzene rings is 2. The largest absolute Gasteiger partial charge is 0.497 e. The van der Waals surface area contributed by atoms with Gasteiger partial charge in [0.25, 0.3) is 15.6 Å². The van der Waals surface area contributed by atoms with Crippen LogP contribution in [-0.4, -0.2) is 37.6 Å². The van der Waals surface area contributed by atoms with Crippen molar-refractivity contribution in [2.45, 2.75) is 18.7 Å². The SMILES string of the molecule is COc1ccc(NS(=O)(=O)c2cc(-c3ccc(=O)n(-c4c(C)noc4C)n3)ccc2OC)cc1. The van der Waals surface area contributed by atoms with Crippen LogP contribution in [0, 0.1) is 13.8 Å². The van der Waals surface area contributed by atoms with E-state index in [4.69, 9.17) is 14.0 Å². The minimum atomic E-state index is -4.02. The summed E-state index contributed by atoms with van der Waals surface area (Å²) in [4.78, 5) is 12.4. The molecule has 0 unspecified atom stereocenters. The highest BCUT2D eigenvalue weighted by molar-refractivity contribution is 7.92. The van der Waals surface area contributed by atoms with Crippen LogP contribution in [0.4, 0.5) is 5.69 Å². The van der Waals surface area contributed by atoms with Gasteiger partial charge in [-0.1, -0.05) is 5.16 Å². The number of rotatable bonds is 7. The van der Waals surface area contributed by atoms with Crippen molar-refractivity contribution in [3.05, 3.63) is 76.4 Å². The second-order valence-electron chi connectivity index (χ2n) is 7.34. The van der Waals surface area contributed by atoms with Crippen molar-refractivity contribution in [2.24, 2.45) is 0 Å². The van der Waals surface area contributed by atoms with Gasteiger partial charge in [-0.05, 0) is 62.4 Å². The average Bonchev–Trinajstić information content (AvgIpc) is 3.17. The topological polar surface area (TPSA) is 126 Å². The fourth-order valence-corrected chi connectivity index (χ4v) is 4.68. The van der Waals surface area contributed by atoms with Crippen LogP contribution in [0.1, 0.15) is 11.5 Å². The number of hydrogen-bond acceptors (Lipinski definition) is 8. The maximum Gasteiger partial charge on any atom is 0.271 e. The molecule has 0 atom stereocenters. The lowest BCUT2D eigenvalue weighted by molar-refractivity contribution is 0.392. The predicted octanol–water partition coefficient (Wildman–Crippen LogP) is 3.32. The molecule has 2 heterocycles. The Balaban J connectivity index is 1.77. The molecule has 4 rings (SSSR count). The lowest BCUT2D eigenvalue weighted by atomic mass is 10.1. The highest BCUT2D eigenvalue weighted by atomic mass is 32.2. The third-order valence-corrected chi connectivity index (χ3v) is 6.50. The van der Waals surface area contributed by atoms with E-state index in [1.54, 1.807) is 44.2 Å². The van der Waals surface area contributed by atoms with E-state index < -0.39 is 10.0 Å². The molecule has 0 radical (unpaired) electrons. The van der Waals surface area contributed by atoms with Crippen LogP contribution in [0.5, 0.6) is 11.5 Å². The van der Waals surface area contributed by atoms with Crippen LogP contribution in [-0.2, 0) is 10.0 Å². The van der Waals surface area contributed by atoms with E-state index in [0.29, 0.717) is 39.8 Å². The number of nitrogens with one attached hydrogen (secondary N) is 1. The first-order valence-corrected chi connectivity index (χ1v) is 11.6. The number of aromatic nitrogens is 3. The standard InChI is InChI=1S/C23H22N4O6S/c1-14-23(15(2)33-25-14)27-22(28)12-10-19(24-27)16-5-11-20(32-4)21(13-16)34(29,30)26-17-6-8-18(31-3)9-7-17/h5-13,26H,1-4H3. The summed E-state index contributed by atoms with van der Waals surface area (Å²) in [5.41, 5.74) is 1.78. The number of ether oxygens (including phenoxy) is 2. The van der Waals surface area contributed by atoms with Gasteiger partial charge in [-0.3, -0.25) is 9.52 Å². The van der Waals surface area contributed by atoms with Gasteiger partial charge in [0.15, 0.2) is 5.76 Å². The Morgan fingerprint density at radius 1 is 0.971 bits per heavy atom. The van der Waals surface area contributed by atoms with Gasteiger partial charge in [0.2, 0.25) is 0 Å². The summed E-state index contributed by atoms with van der Waals surface area (Å²) >= 11 is 0. The van der Waals surface area contributed by atoms with E-state index in [1.807, 2.05) is 0 Å². The zero-order valence-electron chi connectivity index (χ0n) is 18.9. The summed E-state index contributed by atoms with van der Waals surface area (Å²) in [7, 11) is -1.11. The summed E-state index contributed by atoms with van der Waals surface area (Å²) < 4.78 is 45.7. The van der Waals surface area contributed by atoms with Crippen LogP contribution in [0.15, 0.2) is 68.8 Å². The van der Waals surface area contributed by atoms with Gasteiger partial charge in [0.1, 0.15) is 27.8 Å². The van der Waals surface area contributed by atoms with Gasteiger partial charge in [-0.15, -0.1) is 0 Å². The Labute approximate surface area is 195 Å². The first kappa shape index (κ1) is 23.1. The molecule has 1 N–H and O–H groups in total. The van der Waals surface area contributed by atoms with Crippen molar-refractivity contribution in [1.29, 1.82) is 0 Å². The fraction of sp³-hybridized carbons (Fsp3) is 0.174. The second-order valence-corrected chi connectivity index (χ2v) is 8.99. The van der Waals surface area contributed by atoms with Crippen LogP contribution in [0.2, 0.25) is 0 Å². The van der Waals surface area contributed by atoms with E-state index in [2.05, 4.69) is 15.0 Å². The van der Waals surface area contributed by atoms with Gasteiger partial charge in [0.05, 0.1) is 19.9 Å². The zero-order chi connectivity index (χ0) is 24.5. The average molecular weight is 483 g/mol. The third kappa shape index (κ3) is 4.37. The molecule has 0 aliphatic carbocycles. The summed E-state index contributed by atoms with van der Waals surface area (Å²) in [6, 6.07) is 14.0. The van der Waals surface area contributed by atoms with Gasteiger partial charge < -0.3 is 14.0 Å². The molecule has 4 aromatic rings. The summed E-state index contributed by atoms with van der Waals surface area (Å²) in [5, 5.41) is 8.29. The highest BCUT2D eigenvalue weighted by Crippen LogP contribution is 2.31. The van der Waals surface area contributed by atoms with Crippen LogP contribution < -0.4 is 19.8 Å². The van der Waals surface area contributed by atoms with Crippen molar-refractivity contribution < 1.29 is 22.4 Å². The molecule has 34 heavy (non-hydrogen) atoms. The fourth-order valence-electron chi connectivity index (χ4n) is 3.42. The smallest absolute Gasteiger partial charge is 0.271 e. The normalized spacial score (nSPS) is 11.3. The molecule has 0 saturated carbocycles. The van der Waals surface area contributed by atoms with Gasteiger partial charge in [-0.2, -0.15) is 9.78 Å². The molecule has 176 valence electrons. The zero-order valence-corrected chi connectivity index (χ0v) is 19.7. The minimum absolute atomic E-state index is 0.0831. The number of nitrogens with zero attached hydrogens (tertiary/aromatic N) is 3. The molecule has 0 aliphatic heterocycles. The van der Waals surface area contributed by atoms with E-state index >= 15 is 0 Å². The van der Waals surface area contributed by atoms with Crippen molar-refractivity contribution >= 4 is 15.7 Å². The molecular weight excluding hydrogens is 460 g/mol. The first-order chi connectivity index (χ1) is 16.2. The van der Waals surface area contributed by atoms with E-state index in [1.165, 1.54) is 43.2 Å². The molecule has 0 spiro atoms. The monoisotopic (exact) mass is 482 g/mol. The molecule has 10 nitrogen and oxygen atoms in total. The van der Waals surface area contributed by atoms with Gasteiger partial charge in [-0.25, -0.2) is 8.42 Å². The molecule has 0 bridgehead atoms. The second kappa shape index (κ2) is 9.02. The van der Waals surface area contributed by atoms with E-state index in [-0.39, 0.29) is 16.2 Å². The van der Waals surface area contributed by atoms with Crippen molar-refractivity contribution in [1.82, 2.24) is 14.9 Å². The van der Waals surface area contributed by atoms with Crippen LogP contribution in [0.25, 0.3) is 16.9 Å². The van der Waals surface area contributed by atoms with E-state index in [9.17, 15) is 13.2 Å². The van der Waals surface area contributed by atoms with Gasteiger partial charge in [0, 0.05) is 17.3 Å². The molecule has 2 aromatic heterocycles.